The van der Waals surface area contributed by atoms with Crippen molar-refractivity contribution in [2.75, 3.05) is 22.2 Å². The van der Waals surface area contributed by atoms with Gasteiger partial charge < -0.3 is 10.1 Å². The standard InChI is InChI=1S/C11H20N6O3S/c1-7(2)20-11-15-9(14-10(16-11)17-12)13-8-4-3-5-21(18,19)6-8/h7-8H,3-6,12H2,1-2H3,(H2,13,14,15,16,17). The Morgan fingerprint density at radius 3 is 2.62 bits per heavy atom. The predicted octanol–water partition coefficient (Wildman–Crippen LogP) is -0.0665. The molecule has 4 N–H and O–H groups in total. The molecule has 0 aliphatic carbocycles. The van der Waals surface area contributed by atoms with Gasteiger partial charge in [-0.05, 0) is 26.7 Å². The van der Waals surface area contributed by atoms with E-state index in [1.54, 1.807) is 0 Å². The van der Waals surface area contributed by atoms with Gasteiger partial charge in [-0.15, -0.1) is 0 Å². The number of nitrogen functional groups attached to an aromatic ring is 1. The van der Waals surface area contributed by atoms with Gasteiger partial charge >= 0.3 is 6.01 Å². The summed E-state index contributed by atoms with van der Waals surface area (Å²) in [7, 11) is -3.00. The van der Waals surface area contributed by atoms with Gasteiger partial charge in [0.25, 0.3) is 0 Å². The van der Waals surface area contributed by atoms with Crippen molar-refractivity contribution in [2.24, 2.45) is 5.84 Å². The molecule has 0 aromatic carbocycles. The molecule has 0 amide bonds. The third-order valence-electron chi connectivity index (χ3n) is 2.88. The Morgan fingerprint density at radius 1 is 1.29 bits per heavy atom. The fourth-order valence-corrected chi connectivity index (χ4v) is 3.70. The van der Waals surface area contributed by atoms with Crippen molar-refractivity contribution in [3.05, 3.63) is 0 Å². The lowest BCUT2D eigenvalue weighted by molar-refractivity contribution is 0.222. The van der Waals surface area contributed by atoms with E-state index in [4.69, 9.17) is 10.6 Å². The molecule has 21 heavy (non-hydrogen) atoms. The topological polar surface area (TPSA) is 132 Å². The Bertz CT molecular complexity index is 592. The van der Waals surface area contributed by atoms with E-state index < -0.39 is 9.84 Å². The van der Waals surface area contributed by atoms with Crippen LogP contribution in [-0.4, -0.2) is 47.0 Å². The van der Waals surface area contributed by atoms with Gasteiger partial charge in [-0.3, -0.25) is 5.43 Å². The summed E-state index contributed by atoms with van der Waals surface area (Å²) >= 11 is 0. The smallest absolute Gasteiger partial charge is 0.323 e. The molecule has 1 aliphatic heterocycles. The number of hydrogen-bond acceptors (Lipinski definition) is 9. The summed E-state index contributed by atoms with van der Waals surface area (Å²) in [5.41, 5.74) is 2.33. The van der Waals surface area contributed by atoms with Gasteiger partial charge in [-0.1, -0.05) is 0 Å². The van der Waals surface area contributed by atoms with E-state index in [2.05, 4.69) is 25.7 Å². The maximum absolute atomic E-state index is 11.6. The second kappa shape index (κ2) is 6.39. The molecule has 1 saturated heterocycles. The van der Waals surface area contributed by atoms with Gasteiger partial charge in [0.05, 0.1) is 17.6 Å². The lowest BCUT2D eigenvalue weighted by Gasteiger charge is -2.23. The zero-order valence-electron chi connectivity index (χ0n) is 12.0. The first-order valence-electron chi connectivity index (χ1n) is 6.74. The minimum atomic E-state index is -3.00. The number of nitrogens with one attached hydrogen (secondary N) is 2. The normalized spacial score (nSPS) is 21.0. The van der Waals surface area contributed by atoms with Gasteiger partial charge in [0, 0.05) is 6.04 Å². The Labute approximate surface area is 123 Å². The van der Waals surface area contributed by atoms with E-state index in [1.807, 2.05) is 13.8 Å². The first-order chi connectivity index (χ1) is 9.88. The van der Waals surface area contributed by atoms with Gasteiger partial charge in [0.2, 0.25) is 11.9 Å². The lowest BCUT2D eigenvalue weighted by Crippen LogP contribution is -2.35. The van der Waals surface area contributed by atoms with Crippen LogP contribution < -0.4 is 21.3 Å². The molecule has 1 atom stereocenters. The van der Waals surface area contributed by atoms with Crippen LogP contribution in [0.2, 0.25) is 0 Å². The summed E-state index contributed by atoms with van der Waals surface area (Å²) in [5, 5.41) is 3.01. The van der Waals surface area contributed by atoms with Crippen LogP contribution in [0.5, 0.6) is 6.01 Å². The second-order valence-corrected chi connectivity index (χ2v) is 7.40. The van der Waals surface area contributed by atoms with Crippen molar-refractivity contribution >= 4 is 21.7 Å². The van der Waals surface area contributed by atoms with Crippen LogP contribution in [-0.2, 0) is 9.84 Å². The third kappa shape index (κ3) is 4.67. The zero-order valence-corrected chi connectivity index (χ0v) is 12.9. The molecule has 10 heteroatoms. The Morgan fingerprint density at radius 2 is 2.00 bits per heavy atom. The summed E-state index contributed by atoms with van der Waals surface area (Å²) in [6, 6.07) is -0.0854. The number of rotatable bonds is 5. The molecule has 0 bridgehead atoms. The largest absolute Gasteiger partial charge is 0.461 e. The third-order valence-corrected chi connectivity index (χ3v) is 4.70. The second-order valence-electron chi connectivity index (χ2n) is 5.17. The monoisotopic (exact) mass is 316 g/mol. The molecule has 1 aromatic rings. The molecule has 1 aliphatic rings. The first kappa shape index (κ1) is 15.7. The van der Waals surface area contributed by atoms with Crippen LogP contribution in [0.3, 0.4) is 0 Å². The number of anilines is 2. The number of aromatic nitrogens is 3. The first-order valence-corrected chi connectivity index (χ1v) is 8.56. The van der Waals surface area contributed by atoms with Crippen molar-refractivity contribution in [1.29, 1.82) is 0 Å². The van der Waals surface area contributed by atoms with E-state index in [0.29, 0.717) is 6.42 Å². The number of hydrazine groups is 1. The van der Waals surface area contributed by atoms with Gasteiger partial charge in [0.1, 0.15) is 0 Å². The number of sulfone groups is 1. The number of hydrogen-bond donors (Lipinski definition) is 3. The van der Waals surface area contributed by atoms with Crippen LogP contribution in [0, 0.1) is 0 Å². The average molecular weight is 316 g/mol. The Kier molecular flexibility index (Phi) is 4.78. The van der Waals surface area contributed by atoms with Crippen LogP contribution in [0.4, 0.5) is 11.9 Å². The van der Waals surface area contributed by atoms with Crippen molar-refractivity contribution in [1.82, 2.24) is 15.0 Å². The molecule has 2 heterocycles. The van der Waals surface area contributed by atoms with Crippen LogP contribution >= 0.6 is 0 Å². The zero-order chi connectivity index (χ0) is 15.5. The molecule has 1 unspecified atom stereocenters. The SMILES string of the molecule is CC(C)Oc1nc(NN)nc(NC2CCCS(=O)(=O)C2)n1. The van der Waals surface area contributed by atoms with Crippen LogP contribution in [0.15, 0.2) is 0 Å². The fraction of sp³-hybridized carbons (Fsp3) is 0.727. The van der Waals surface area contributed by atoms with Gasteiger partial charge in [0.15, 0.2) is 9.84 Å². The number of nitrogens with two attached hydrogens (primary N) is 1. The Balaban J connectivity index is 2.15. The molecule has 1 fully saturated rings. The highest BCUT2D eigenvalue weighted by atomic mass is 32.2. The molecule has 9 nitrogen and oxygen atoms in total. The van der Waals surface area contributed by atoms with Crippen molar-refractivity contribution in [3.63, 3.8) is 0 Å². The highest BCUT2D eigenvalue weighted by molar-refractivity contribution is 7.91. The van der Waals surface area contributed by atoms with Crippen LogP contribution in [0.1, 0.15) is 26.7 Å². The molecular formula is C11H20N6O3S. The van der Waals surface area contributed by atoms with E-state index in [0.717, 1.165) is 6.42 Å². The van der Waals surface area contributed by atoms with Gasteiger partial charge in [-0.2, -0.15) is 15.0 Å². The van der Waals surface area contributed by atoms with E-state index in [-0.39, 0.29) is 41.6 Å². The highest BCUT2D eigenvalue weighted by Crippen LogP contribution is 2.18. The van der Waals surface area contributed by atoms with E-state index in [1.165, 1.54) is 0 Å². The molecule has 0 spiro atoms. The summed E-state index contributed by atoms with van der Waals surface area (Å²) < 4.78 is 28.7. The minimum absolute atomic E-state index is 0.0738. The van der Waals surface area contributed by atoms with E-state index in [9.17, 15) is 8.42 Å². The molecule has 2 rings (SSSR count). The summed E-state index contributed by atoms with van der Waals surface area (Å²) in [4.78, 5) is 12.1. The van der Waals surface area contributed by atoms with Crippen LogP contribution in [0.25, 0.3) is 0 Å². The Hall–Kier alpha value is -1.68. The average Bonchev–Trinajstić information content (AvgIpc) is 2.36. The minimum Gasteiger partial charge on any atom is -0.461 e. The molecule has 118 valence electrons. The maximum Gasteiger partial charge on any atom is 0.323 e. The van der Waals surface area contributed by atoms with Crippen molar-refractivity contribution in [2.45, 2.75) is 38.8 Å². The lowest BCUT2D eigenvalue weighted by atomic mass is 10.2. The summed E-state index contributed by atoms with van der Waals surface area (Å²) in [6.45, 7) is 3.69. The highest BCUT2D eigenvalue weighted by Gasteiger charge is 2.25. The quantitative estimate of drug-likeness (QED) is 0.504. The fourth-order valence-electron chi connectivity index (χ4n) is 2.07. The predicted molar refractivity (Wildman–Crippen MR) is 78.7 cm³/mol. The molecular weight excluding hydrogens is 296 g/mol. The van der Waals surface area contributed by atoms with E-state index >= 15 is 0 Å². The summed E-state index contributed by atoms with van der Waals surface area (Å²) in [5.74, 6) is 6.02. The number of ether oxygens (including phenoxy) is 1. The number of nitrogens with zero attached hydrogens (tertiary/aromatic N) is 3. The summed E-state index contributed by atoms with van der Waals surface area (Å²) in [6.07, 6.45) is 1.28. The van der Waals surface area contributed by atoms with Crippen molar-refractivity contribution < 1.29 is 13.2 Å². The van der Waals surface area contributed by atoms with Gasteiger partial charge in [-0.25, -0.2) is 14.3 Å². The molecule has 0 saturated carbocycles. The molecule has 0 radical (unpaired) electrons. The molecule has 1 aromatic heterocycles. The maximum atomic E-state index is 11.6. The van der Waals surface area contributed by atoms with Crippen molar-refractivity contribution in [3.8, 4) is 6.01 Å².